The molecule has 1 fully saturated rings. The molecule has 1 aliphatic rings. The summed E-state index contributed by atoms with van der Waals surface area (Å²) in [5.74, 6) is -0.545. The maximum absolute atomic E-state index is 12.4. The zero-order valence-corrected chi connectivity index (χ0v) is 12.3. The molecule has 1 aromatic carbocycles. The first-order valence-electron chi connectivity index (χ1n) is 5.91. The number of rotatable bonds is 1. The number of carbonyl (C=O) groups is 1. The van der Waals surface area contributed by atoms with Crippen molar-refractivity contribution in [3.63, 3.8) is 0 Å². The van der Waals surface area contributed by atoms with Crippen LogP contribution in [0.2, 0.25) is 0 Å². The zero-order chi connectivity index (χ0) is 14.4. The van der Waals surface area contributed by atoms with Crippen molar-refractivity contribution in [3.8, 4) is 5.75 Å². The van der Waals surface area contributed by atoms with Crippen molar-refractivity contribution >= 4 is 21.8 Å². The summed E-state index contributed by atoms with van der Waals surface area (Å²) < 4.78 is 0.669. The second kappa shape index (κ2) is 4.77. The molecule has 1 saturated heterocycles. The predicted molar refractivity (Wildman–Crippen MR) is 72.9 cm³/mol. The quantitative estimate of drug-likeness (QED) is 0.721. The first-order valence-corrected chi connectivity index (χ1v) is 6.71. The Hall–Kier alpha value is -1.11. The highest BCUT2D eigenvalue weighted by molar-refractivity contribution is 9.10. The van der Waals surface area contributed by atoms with E-state index in [1.165, 1.54) is 17.0 Å². The smallest absolute Gasteiger partial charge is 0.258 e. The van der Waals surface area contributed by atoms with Gasteiger partial charge >= 0.3 is 0 Å². The Kier molecular flexibility index (Phi) is 3.59. The average Bonchev–Trinajstić information content (AvgIpc) is 2.52. The number of aromatic hydroxyl groups is 1. The molecule has 0 bridgehead atoms. The Bertz CT molecular complexity index is 517. The first-order chi connectivity index (χ1) is 8.75. The Morgan fingerprint density at radius 3 is 2.53 bits per heavy atom. The lowest BCUT2D eigenvalue weighted by Crippen LogP contribution is -2.48. The van der Waals surface area contributed by atoms with Gasteiger partial charge in [-0.1, -0.05) is 15.9 Å². The molecule has 19 heavy (non-hydrogen) atoms. The van der Waals surface area contributed by atoms with Gasteiger partial charge in [0.25, 0.3) is 5.91 Å². The number of likely N-dealkylation sites (tertiary alicyclic amines) is 1. The van der Waals surface area contributed by atoms with E-state index in [9.17, 15) is 20.1 Å². The fourth-order valence-electron chi connectivity index (χ4n) is 2.33. The second-order valence-corrected chi connectivity index (χ2v) is 6.16. The van der Waals surface area contributed by atoms with E-state index in [0.717, 1.165) is 0 Å². The normalized spacial score (nSPS) is 25.6. The van der Waals surface area contributed by atoms with E-state index >= 15 is 0 Å². The van der Waals surface area contributed by atoms with Gasteiger partial charge in [0.05, 0.1) is 23.8 Å². The van der Waals surface area contributed by atoms with Gasteiger partial charge < -0.3 is 20.2 Å². The van der Waals surface area contributed by atoms with Crippen LogP contribution in [0.1, 0.15) is 24.2 Å². The van der Waals surface area contributed by atoms with Crippen LogP contribution in [0.5, 0.6) is 5.75 Å². The number of phenolic OH excluding ortho intramolecular Hbond substituents is 1. The van der Waals surface area contributed by atoms with Crippen molar-refractivity contribution in [1.82, 2.24) is 4.90 Å². The maximum atomic E-state index is 12.4. The van der Waals surface area contributed by atoms with Gasteiger partial charge in [0, 0.05) is 4.47 Å². The third-order valence-corrected chi connectivity index (χ3v) is 4.08. The number of benzene rings is 1. The van der Waals surface area contributed by atoms with Gasteiger partial charge in [-0.2, -0.15) is 0 Å². The molecule has 1 amide bonds. The summed E-state index contributed by atoms with van der Waals surface area (Å²) >= 11 is 3.21. The minimum atomic E-state index is -1.01. The third-order valence-electron chi connectivity index (χ3n) is 3.59. The topological polar surface area (TPSA) is 81.0 Å². The van der Waals surface area contributed by atoms with E-state index in [1.807, 2.05) is 0 Å². The summed E-state index contributed by atoms with van der Waals surface area (Å²) in [7, 11) is 0. The van der Waals surface area contributed by atoms with Gasteiger partial charge in [-0.05, 0) is 32.0 Å². The number of aliphatic hydroxyl groups excluding tert-OH is 2. The summed E-state index contributed by atoms with van der Waals surface area (Å²) in [6.07, 6.45) is -1.98. The van der Waals surface area contributed by atoms with Gasteiger partial charge in [0.15, 0.2) is 0 Å². The summed E-state index contributed by atoms with van der Waals surface area (Å²) in [6, 6.07) is 4.60. The molecule has 0 spiro atoms. The SMILES string of the molecule is CC1(C)[C@@H](O)[C@@H](O)CN1C(=O)c1ccc(Br)cc1O. The van der Waals surface area contributed by atoms with Gasteiger partial charge in [0.2, 0.25) is 0 Å². The molecule has 3 N–H and O–H groups in total. The summed E-state index contributed by atoms with van der Waals surface area (Å²) in [5, 5.41) is 29.4. The molecule has 1 aliphatic heterocycles. The van der Waals surface area contributed by atoms with E-state index < -0.39 is 23.7 Å². The van der Waals surface area contributed by atoms with E-state index in [4.69, 9.17) is 0 Å². The fourth-order valence-corrected chi connectivity index (χ4v) is 2.68. The standard InChI is InChI=1S/C13H16BrNO4/c1-13(2)11(18)10(17)6-15(13)12(19)8-4-3-7(14)5-9(8)16/h3-5,10-11,16-18H,6H2,1-2H3/t10-,11-/m0/s1. The van der Waals surface area contributed by atoms with Crippen LogP contribution in [0, 0.1) is 0 Å². The minimum Gasteiger partial charge on any atom is -0.507 e. The Labute approximate surface area is 119 Å². The van der Waals surface area contributed by atoms with Crippen molar-refractivity contribution in [2.45, 2.75) is 31.6 Å². The average molecular weight is 330 g/mol. The molecule has 1 aromatic rings. The molecule has 0 radical (unpaired) electrons. The van der Waals surface area contributed by atoms with Crippen LogP contribution in [0.25, 0.3) is 0 Å². The lowest BCUT2D eigenvalue weighted by Gasteiger charge is -2.33. The molecule has 5 nitrogen and oxygen atoms in total. The lowest BCUT2D eigenvalue weighted by molar-refractivity contribution is 0.00789. The van der Waals surface area contributed by atoms with E-state index in [-0.39, 0.29) is 17.9 Å². The van der Waals surface area contributed by atoms with Gasteiger partial charge in [-0.15, -0.1) is 0 Å². The van der Waals surface area contributed by atoms with E-state index in [1.54, 1.807) is 19.9 Å². The number of aliphatic hydroxyl groups is 2. The number of hydrogen-bond donors (Lipinski definition) is 3. The molecular formula is C13H16BrNO4. The monoisotopic (exact) mass is 329 g/mol. The summed E-state index contributed by atoms with van der Waals surface area (Å²) in [5.41, 5.74) is -0.728. The van der Waals surface area contributed by atoms with Gasteiger partial charge in [-0.3, -0.25) is 4.79 Å². The lowest BCUT2D eigenvalue weighted by atomic mass is 9.97. The molecule has 2 rings (SSSR count). The molecule has 0 aromatic heterocycles. The van der Waals surface area contributed by atoms with Crippen molar-refractivity contribution in [2.75, 3.05) is 6.54 Å². The van der Waals surface area contributed by atoms with E-state index in [0.29, 0.717) is 4.47 Å². The Balaban J connectivity index is 2.35. The third kappa shape index (κ3) is 2.35. The fraction of sp³-hybridized carbons (Fsp3) is 0.462. The summed E-state index contributed by atoms with van der Waals surface area (Å²) in [4.78, 5) is 13.8. The number of phenols is 1. The Morgan fingerprint density at radius 1 is 1.42 bits per heavy atom. The largest absolute Gasteiger partial charge is 0.507 e. The minimum absolute atomic E-state index is 0.0442. The molecule has 0 saturated carbocycles. The highest BCUT2D eigenvalue weighted by atomic mass is 79.9. The molecule has 0 unspecified atom stereocenters. The molecular weight excluding hydrogens is 314 g/mol. The molecule has 1 heterocycles. The van der Waals surface area contributed by atoms with Crippen LogP contribution < -0.4 is 0 Å². The van der Waals surface area contributed by atoms with Crippen LogP contribution in [0.3, 0.4) is 0 Å². The predicted octanol–water partition coefficient (Wildman–Crippen LogP) is 1.11. The van der Waals surface area contributed by atoms with Crippen molar-refractivity contribution < 1.29 is 20.1 Å². The molecule has 0 aliphatic carbocycles. The van der Waals surface area contributed by atoms with E-state index in [2.05, 4.69) is 15.9 Å². The number of hydrogen-bond acceptors (Lipinski definition) is 4. The zero-order valence-electron chi connectivity index (χ0n) is 10.7. The summed E-state index contributed by atoms with van der Waals surface area (Å²) in [6.45, 7) is 3.41. The van der Waals surface area contributed by atoms with Crippen LogP contribution in [0.15, 0.2) is 22.7 Å². The van der Waals surface area contributed by atoms with Crippen molar-refractivity contribution in [1.29, 1.82) is 0 Å². The van der Waals surface area contributed by atoms with Gasteiger partial charge in [0.1, 0.15) is 11.9 Å². The number of amides is 1. The van der Waals surface area contributed by atoms with Crippen LogP contribution in [-0.2, 0) is 0 Å². The maximum Gasteiger partial charge on any atom is 0.258 e. The molecule has 104 valence electrons. The number of halogens is 1. The second-order valence-electron chi connectivity index (χ2n) is 5.24. The molecule has 6 heteroatoms. The number of nitrogens with zero attached hydrogens (tertiary/aromatic N) is 1. The Morgan fingerprint density at radius 2 is 2.05 bits per heavy atom. The molecule has 2 atom stereocenters. The highest BCUT2D eigenvalue weighted by Gasteiger charge is 2.48. The number of β-amino-alcohol motifs (C(OH)–C–C–N with tert-alkyl or cyclic N) is 1. The highest BCUT2D eigenvalue weighted by Crippen LogP contribution is 2.33. The van der Waals surface area contributed by atoms with Crippen LogP contribution in [0.4, 0.5) is 0 Å². The first kappa shape index (κ1) is 14.3. The van der Waals surface area contributed by atoms with Crippen LogP contribution >= 0.6 is 15.9 Å². The van der Waals surface area contributed by atoms with Crippen molar-refractivity contribution in [2.24, 2.45) is 0 Å². The van der Waals surface area contributed by atoms with Gasteiger partial charge in [-0.25, -0.2) is 0 Å². The number of carbonyl (C=O) groups excluding carboxylic acids is 1. The van der Waals surface area contributed by atoms with Crippen LogP contribution in [-0.4, -0.2) is 50.4 Å². The van der Waals surface area contributed by atoms with Crippen molar-refractivity contribution in [3.05, 3.63) is 28.2 Å².